The molecule has 0 aliphatic carbocycles. The van der Waals surface area contributed by atoms with Gasteiger partial charge in [-0.2, -0.15) is 0 Å². The number of alkyl halides is 1. The summed E-state index contributed by atoms with van der Waals surface area (Å²) in [4.78, 5) is 10.9. The maximum Gasteiger partial charge on any atom is 0.239 e. The van der Waals surface area contributed by atoms with Crippen LogP contribution in [-0.4, -0.2) is 11.8 Å². The molecule has 1 aromatic rings. The van der Waals surface area contributed by atoms with Crippen molar-refractivity contribution >= 4 is 39.1 Å². The van der Waals surface area contributed by atoms with Crippen LogP contribution in [0.5, 0.6) is 0 Å². The Balaban J connectivity index is 2.79. The largest absolute Gasteiger partial charge is 0.325 e. The van der Waals surface area contributed by atoms with Gasteiger partial charge in [0, 0.05) is 10.2 Å². The van der Waals surface area contributed by atoms with Crippen LogP contribution in [-0.2, 0) is 4.79 Å². The highest BCUT2D eigenvalue weighted by atomic mass is 79.9. The van der Waals surface area contributed by atoms with Gasteiger partial charge >= 0.3 is 0 Å². The number of carbonyl (C=O) groups excluding carboxylic acids is 1. The summed E-state index contributed by atoms with van der Waals surface area (Å²) < 4.78 is 1.02. The third-order valence-corrected chi connectivity index (χ3v) is 2.70. The first-order chi connectivity index (χ1) is 6.13. The van der Waals surface area contributed by atoms with E-state index >= 15 is 0 Å². The van der Waals surface area contributed by atoms with Crippen molar-refractivity contribution in [3.05, 3.63) is 28.2 Å². The molecule has 0 saturated heterocycles. The second-order valence-corrected chi connectivity index (χ2v) is 3.77. The van der Waals surface area contributed by atoms with E-state index in [9.17, 15) is 4.79 Å². The Morgan fingerprint density at radius 2 is 2.31 bits per heavy atom. The minimum atomic E-state index is -0.191. The highest BCUT2D eigenvalue weighted by molar-refractivity contribution is 9.10. The number of anilines is 1. The van der Waals surface area contributed by atoms with Crippen LogP contribution in [0, 0.1) is 6.92 Å². The lowest BCUT2D eigenvalue weighted by atomic mass is 10.2. The molecule has 1 rings (SSSR count). The normalized spacial score (nSPS) is 9.77. The second kappa shape index (κ2) is 4.63. The van der Waals surface area contributed by atoms with Crippen molar-refractivity contribution in [3.63, 3.8) is 0 Å². The molecule has 0 unspecified atom stereocenters. The van der Waals surface area contributed by atoms with Crippen LogP contribution >= 0.6 is 27.5 Å². The summed E-state index contributed by atoms with van der Waals surface area (Å²) in [6, 6.07) is 5.59. The molecule has 13 heavy (non-hydrogen) atoms. The van der Waals surface area contributed by atoms with Gasteiger partial charge in [-0.1, -0.05) is 15.9 Å². The van der Waals surface area contributed by atoms with Gasteiger partial charge in [0.25, 0.3) is 0 Å². The van der Waals surface area contributed by atoms with Crippen LogP contribution in [0.1, 0.15) is 5.56 Å². The van der Waals surface area contributed by atoms with Gasteiger partial charge in [0.15, 0.2) is 0 Å². The monoisotopic (exact) mass is 261 g/mol. The van der Waals surface area contributed by atoms with E-state index in [0.717, 1.165) is 15.7 Å². The molecule has 0 atom stereocenters. The Bertz CT molecular complexity index is 327. The predicted octanol–water partition coefficient (Wildman–Crippen LogP) is 2.93. The molecule has 0 spiro atoms. The Kier molecular flexibility index (Phi) is 3.75. The van der Waals surface area contributed by atoms with Crippen LogP contribution in [0.4, 0.5) is 5.69 Å². The van der Waals surface area contributed by atoms with Crippen LogP contribution in [0.15, 0.2) is 22.7 Å². The van der Waals surface area contributed by atoms with E-state index in [4.69, 9.17) is 11.6 Å². The van der Waals surface area contributed by atoms with Crippen molar-refractivity contribution in [2.45, 2.75) is 6.92 Å². The fourth-order valence-electron chi connectivity index (χ4n) is 0.917. The molecule has 0 aliphatic heterocycles. The first-order valence-corrected chi connectivity index (χ1v) is 5.08. The number of rotatable bonds is 2. The van der Waals surface area contributed by atoms with E-state index in [0.29, 0.717) is 0 Å². The van der Waals surface area contributed by atoms with Crippen molar-refractivity contribution in [1.29, 1.82) is 0 Å². The third kappa shape index (κ3) is 3.01. The number of halogens is 2. The number of aryl methyl sites for hydroxylation is 1. The van der Waals surface area contributed by atoms with E-state index in [1.54, 1.807) is 0 Å². The first kappa shape index (κ1) is 10.5. The molecule has 0 fully saturated rings. The lowest BCUT2D eigenvalue weighted by Gasteiger charge is -2.04. The first-order valence-electron chi connectivity index (χ1n) is 3.75. The van der Waals surface area contributed by atoms with Gasteiger partial charge in [-0.25, -0.2) is 0 Å². The fraction of sp³-hybridized carbons (Fsp3) is 0.222. The highest BCUT2D eigenvalue weighted by Crippen LogP contribution is 2.19. The lowest BCUT2D eigenvalue weighted by molar-refractivity contribution is -0.113. The van der Waals surface area contributed by atoms with Gasteiger partial charge in [0.2, 0.25) is 5.91 Å². The topological polar surface area (TPSA) is 29.1 Å². The number of hydrogen-bond acceptors (Lipinski definition) is 1. The number of benzene rings is 1. The Labute approximate surface area is 90.4 Å². The highest BCUT2D eigenvalue weighted by Gasteiger charge is 2.01. The zero-order chi connectivity index (χ0) is 9.84. The molecular formula is C9H9BrClNO. The van der Waals surface area contributed by atoms with Crippen LogP contribution in [0.25, 0.3) is 0 Å². The molecule has 0 aliphatic rings. The number of nitrogens with one attached hydrogen (secondary N) is 1. The summed E-state index contributed by atoms with van der Waals surface area (Å²) in [5.41, 5.74) is 1.85. The van der Waals surface area contributed by atoms with Crippen molar-refractivity contribution in [2.75, 3.05) is 11.2 Å². The number of hydrogen-bond donors (Lipinski definition) is 1. The quantitative estimate of drug-likeness (QED) is 0.816. The third-order valence-electron chi connectivity index (χ3n) is 1.56. The van der Waals surface area contributed by atoms with E-state index in [1.807, 2.05) is 25.1 Å². The van der Waals surface area contributed by atoms with Crippen LogP contribution in [0.3, 0.4) is 0 Å². The Morgan fingerprint density at radius 3 is 2.85 bits per heavy atom. The molecule has 1 aromatic carbocycles. The minimum Gasteiger partial charge on any atom is -0.325 e. The van der Waals surface area contributed by atoms with E-state index in [1.165, 1.54) is 0 Å². The van der Waals surface area contributed by atoms with E-state index < -0.39 is 0 Å². The molecule has 4 heteroatoms. The summed E-state index contributed by atoms with van der Waals surface area (Å²) in [6.07, 6.45) is 0. The fourth-order valence-corrected chi connectivity index (χ4v) is 1.23. The maximum atomic E-state index is 10.9. The summed E-state index contributed by atoms with van der Waals surface area (Å²) in [6.45, 7) is 1.96. The van der Waals surface area contributed by atoms with Crippen molar-refractivity contribution in [2.24, 2.45) is 0 Å². The van der Waals surface area contributed by atoms with Gasteiger partial charge in [0.1, 0.15) is 5.88 Å². The Morgan fingerprint density at radius 1 is 1.62 bits per heavy atom. The number of amides is 1. The van der Waals surface area contributed by atoms with Crippen molar-refractivity contribution in [3.8, 4) is 0 Å². The predicted molar refractivity (Wildman–Crippen MR) is 58.2 cm³/mol. The summed E-state index contributed by atoms with van der Waals surface area (Å²) in [7, 11) is 0. The molecule has 70 valence electrons. The smallest absolute Gasteiger partial charge is 0.239 e. The van der Waals surface area contributed by atoms with E-state index in [2.05, 4.69) is 21.2 Å². The zero-order valence-electron chi connectivity index (χ0n) is 7.10. The SMILES string of the molecule is Cc1cc(NC(=O)CCl)ccc1Br. The van der Waals surface area contributed by atoms with Gasteiger partial charge in [0.05, 0.1) is 0 Å². The molecule has 1 amide bonds. The lowest BCUT2D eigenvalue weighted by Crippen LogP contribution is -2.12. The maximum absolute atomic E-state index is 10.9. The minimum absolute atomic E-state index is 0.0187. The summed E-state index contributed by atoms with van der Waals surface area (Å²) >= 11 is 8.73. The molecule has 0 heterocycles. The van der Waals surface area contributed by atoms with Crippen molar-refractivity contribution < 1.29 is 4.79 Å². The number of carbonyl (C=O) groups is 1. The average molecular weight is 263 g/mol. The Hall–Kier alpha value is -0.540. The van der Waals surface area contributed by atoms with Gasteiger partial charge in [-0.05, 0) is 30.7 Å². The van der Waals surface area contributed by atoms with Crippen molar-refractivity contribution in [1.82, 2.24) is 0 Å². The second-order valence-electron chi connectivity index (χ2n) is 2.65. The van der Waals surface area contributed by atoms with E-state index in [-0.39, 0.29) is 11.8 Å². The van der Waals surface area contributed by atoms with Crippen LogP contribution < -0.4 is 5.32 Å². The average Bonchev–Trinajstić information content (AvgIpc) is 2.11. The van der Waals surface area contributed by atoms with Gasteiger partial charge < -0.3 is 5.32 Å². The standard InChI is InChI=1S/C9H9BrClNO/c1-6-4-7(2-3-8(6)10)12-9(13)5-11/h2-4H,5H2,1H3,(H,12,13). The van der Waals surface area contributed by atoms with Gasteiger partial charge in [-0.3, -0.25) is 4.79 Å². The summed E-state index contributed by atoms with van der Waals surface area (Å²) in [5.74, 6) is -0.210. The molecule has 2 nitrogen and oxygen atoms in total. The molecule has 0 radical (unpaired) electrons. The molecule has 0 bridgehead atoms. The van der Waals surface area contributed by atoms with Crippen LogP contribution in [0.2, 0.25) is 0 Å². The molecule has 1 N–H and O–H groups in total. The summed E-state index contributed by atoms with van der Waals surface area (Å²) in [5, 5.41) is 2.67. The van der Waals surface area contributed by atoms with Gasteiger partial charge in [-0.15, -0.1) is 11.6 Å². The molecule has 0 saturated carbocycles. The molecule has 0 aromatic heterocycles. The zero-order valence-corrected chi connectivity index (χ0v) is 9.45. The molecular weight excluding hydrogens is 253 g/mol.